The fourth-order valence-corrected chi connectivity index (χ4v) is 3.72. The predicted octanol–water partition coefficient (Wildman–Crippen LogP) is -0.843. The molecule has 3 heterocycles. The fourth-order valence-electron chi connectivity index (χ4n) is 3.72. The number of carbonyl (C=O) groups is 1. The second kappa shape index (κ2) is 6.10. The Morgan fingerprint density at radius 3 is 2.52 bits per heavy atom. The number of halogens is 1. The van der Waals surface area contributed by atoms with Gasteiger partial charge in [-0.15, -0.1) is 0 Å². The van der Waals surface area contributed by atoms with Gasteiger partial charge in [0.15, 0.2) is 17.4 Å². The van der Waals surface area contributed by atoms with Crippen LogP contribution in [0.15, 0.2) is 17.3 Å². The molecule has 0 saturated carbocycles. The summed E-state index contributed by atoms with van der Waals surface area (Å²) in [6.45, 7) is 13.0. The summed E-state index contributed by atoms with van der Waals surface area (Å²) in [5, 5.41) is 1.97. The highest BCUT2D eigenvalue weighted by Gasteiger charge is 2.41. The molecule has 0 spiro atoms. The number of nitrogens with zero attached hydrogens (tertiary/aromatic N) is 1. The molecule has 0 aliphatic carbocycles. The van der Waals surface area contributed by atoms with E-state index in [0.717, 1.165) is 11.3 Å². The van der Waals surface area contributed by atoms with Crippen molar-refractivity contribution in [3.8, 4) is 0 Å². The molecule has 0 amide bonds. The number of pyridine rings is 1. The van der Waals surface area contributed by atoms with Gasteiger partial charge in [-0.3, -0.25) is 5.32 Å². The number of carbonyl (C=O) groups excluding carboxylic acids is 1. The predicted molar refractivity (Wildman–Crippen MR) is 85.2 cm³/mol. The normalized spacial score (nSPS) is 18.8. The molecule has 0 bridgehead atoms. The first-order valence-corrected chi connectivity index (χ1v) is 7.88. The van der Waals surface area contributed by atoms with E-state index in [-0.39, 0.29) is 18.4 Å². The van der Waals surface area contributed by atoms with E-state index in [4.69, 9.17) is 4.74 Å². The smallest absolute Gasteiger partial charge is 0.393 e. The zero-order valence-electron chi connectivity index (χ0n) is 14.6. The van der Waals surface area contributed by atoms with E-state index in [2.05, 4.69) is 38.3 Å². The van der Waals surface area contributed by atoms with Crippen molar-refractivity contribution in [3.05, 3.63) is 34.3 Å². The maximum absolute atomic E-state index is 12.1. The average molecular weight is 336 g/mol. The molecule has 0 radical (unpaired) electrons. The van der Waals surface area contributed by atoms with Crippen LogP contribution in [-0.4, -0.2) is 12.6 Å². The summed E-state index contributed by atoms with van der Waals surface area (Å²) in [5.74, 6) is -0.225. The summed E-state index contributed by atoms with van der Waals surface area (Å²) < 4.78 is 7.57. The third-order valence-corrected chi connectivity index (χ3v) is 5.13. The molecule has 5 heteroatoms. The maximum Gasteiger partial charge on any atom is 0.393 e. The van der Waals surface area contributed by atoms with E-state index < -0.39 is 0 Å². The molecule has 23 heavy (non-hydrogen) atoms. The van der Waals surface area contributed by atoms with Crippen LogP contribution in [-0.2, 0) is 9.53 Å². The Morgan fingerprint density at radius 2 is 1.91 bits per heavy atom. The standard InChI is InChI=1S/C18H22N2O2.ClH/c1-7-22-18(21)17-11(4)16-13(6)20-12(5)9(2)10(3)15(20)8-14(16)19-17;/h8,12H,7H2,1-6H3;1H/p+1. The van der Waals surface area contributed by atoms with Crippen LogP contribution >= 0.6 is 0 Å². The number of hydrogen-bond donors (Lipinski definition) is 1. The molecule has 124 valence electrons. The van der Waals surface area contributed by atoms with Gasteiger partial charge in [-0.2, -0.15) is 4.57 Å². The Morgan fingerprint density at radius 1 is 1.26 bits per heavy atom. The summed E-state index contributed by atoms with van der Waals surface area (Å²) in [5.41, 5.74) is 9.27. The number of hydrogen-bond acceptors (Lipinski definition) is 2. The van der Waals surface area contributed by atoms with Gasteiger partial charge in [0.05, 0.1) is 12.7 Å². The summed E-state index contributed by atoms with van der Waals surface area (Å²) in [7, 11) is 0. The van der Waals surface area contributed by atoms with Crippen LogP contribution < -0.4 is 22.3 Å². The summed E-state index contributed by atoms with van der Waals surface area (Å²) in [6.07, 6.45) is 0. The molecule has 4 nitrogen and oxygen atoms in total. The first-order chi connectivity index (χ1) is 10.4. The second-order valence-electron chi connectivity index (χ2n) is 6.20. The quantitative estimate of drug-likeness (QED) is 0.566. The van der Waals surface area contributed by atoms with E-state index in [1.54, 1.807) is 0 Å². The molecular weight excluding hydrogens is 312 g/mol. The molecule has 0 saturated heterocycles. The lowest BCUT2D eigenvalue weighted by Gasteiger charge is -2.08. The molecular formula is C18H24ClN2O2+. The molecule has 1 aromatic heterocycles. The van der Waals surface area contributed by atoms with Crippen molar-refractivity contribution in [2.45, 2.75) is 47.6 Å². The van der Waals surface area contributed by atoms with Crippen LogP contribution in [0.4, 0.5) is 5.69 Å². The minimum Gasteiger partial charge on any atom is -1.00 e. The minimum absolute atomic E-state index is 0. The second-order valence-corrected chi connectivity index (χ2v) is 6.20. The first-order valence-electron chi connectivity index (χ1n) is 7.88. The molecule has 2 aliphatic rings. The molecule has 3 rings (SSSR count). The molecule has 0 fully saturated rings. The van der Waals surface area contributed by atoms with Crippen molar-refractivity contribution in [2.24, 2.45) is 0 Å². The highest BCUT2D eigenvalue weighted by Crippen LogP contribution is 2.36. The Kier molecular flexibility index (Phi) is 4.69. The van der Waals surface area contributed by atoms with E-state index in [0.29, 0.717) is 18.3 Å². The summed E-state index contributed by atoms with van der Waals surface area (Å²) >= 11 is 0. The minimum atomic E-state index is -0.225. The van der Waals surface area contributed by atoms with Crippen LogP contribution in [0.3, 0.4) is 0 Å². The lowest BCUT2D eigenvalue weighted by atomic mass is 10.0. The number of quaternary nitrogens is 1. The molecule has 1 atom stereocenters. The highest BCUT2D eigenvalue weighted by atomic mass is 35.5. The average Bonchev–Trinajstić information content (AvgIpc) is 2.91. The first kappa shape index (κ1) is 17.7. The Labute approximate surface area is 143 Å². The number of fused-ring (bicyclic) bond motifs is 2. The summed E-state index contributed by atoms with van der Waals surface area (Å²) in [4.78, 5) is 12.1. The summed E-state index contributed by atoms with van der Waals surface area (Å²) in [6, 6.07) is 2.58. The molecule has 0 aromatic carbocycles. The number of nitrogens with two attached hydrogens (primary N) is 1. The van der Waals surface area contributed by atoms with Crippen molar-refractivity contribution in [1.29, 1.82) is 0 Å². The molecule has 2 N–H and O–H groups in total. The van der Waals surface area contributed by atoms with Gasteiger partial charge in [-0.05, 0) is 27.7 Å². The van der Waals surface area contributed by atoms with Crippen LogP contribution in [0.1, 0.15) is 57.6 Å². The van der Waals surface area contributed by atoms with Gasteiger partial charge in [-0.25, -0.2) is 4.79 Å². The van der Waals surface area contributed by atoms with Gasteiger partial charge in [0.1, 0.15) is 5.56 Å². The van der Waals surface area contributed by atoms with Gasteiger partial charge in [0.2, 0.25) is 11.4 Å². The lowest BCUT2D eigenvalue weighted by molar-refractivity contribution is -0.714. The number of aromatic nitrogens is 1. The van der Waals surface area contributed by atoms with Crippen molar-refractivity contribution < 1.29 is 31.8 Å². The lowest BCUT2D eigenvalue weighted by Crippen LogP contribution is -3.00. The Bertz CT molecular complexity index is 763. The van der Waals surface area contributed by atoms with Crippen LogP contribution in [0.25, 0.3) is 11.1 Å². The SMILES string of the molecule is CCOC(=O)C1=C(C)c2c(cc3[n+](c2C)C(C)C(C)=C3C)[NH2+]1.[Cl-]. The van der Waals surface area contributed by atoms with Crippen LogP contribution in [0, 0.1) is 6.92 Å². The third-order valence-electron chi connectivity index (χ3n) is 5.13. The number of rotatable bonds is 2. The van der Waals surface area contributed by atoms with Gasteiger partial charge in [-0.1, -0.05) is 0 Å². The number of allylic oxidation sites excluding steroid dienone is 3. The number of ether oxygens (including phenoxy) is 1. The van der Waals surface area contributed by atoms with E-state index >= 15 is 0 Å². The Balaban J connectivity index is 0.00000192. The molecule has 2 aliphatic heterocycles. The third kappa shape index (κ3) is 2.41. The Hall–Kier alpha value is -1.65. The van der Waals surface area contributed by atoms with Crippen molar-refractivity contribution in [1.82, 2.24) is 0 Å². The van der Waals surface area contributed by atoms with Crippen LogP contribution in [0.2, 0.25) is 0 Å². The topological polar surface area (TPSA) is 46.8 Å². The largest absolute Gasteiger partial charge is 1.00 e. The monoisotopic (exact) mass is 335 g/mol. The zero-order valence-corrected chi connectivity index (χ0v) is 15.3. The van der Waals surface area contributed by atoms with E-state index in [9.17, 15) is 4.79 Å². The van der Waals surface area contributed by atoms with Gasteiger partial charge >= 0.3 is 5.97 Å². The van der Waals surface area contributed by atoms with Gasteiger partial charge < -0.3 is 17.1 Å². The maximum atomic E-state index is 12.1. The van der Waals surface area contributed by atoms with Gasteiger partial charge in [0.25, 0.3) is 0 Å². The fraction of sp³-hybridized carbons (Fsp3) is 0.444. The van der Waals surface area contributed by atoms with Crippen molar-refractivity contribution >= 4 is 22.8 Å². The van der Waals surface area contributed by atoms with Crippen molar-refractivity contribution in [3.63, 3.8) is 0 Å². The number of esters is 1. The molecule has 1 unspecified atom stereocenters. The van der Waals surface area contributed by atoms with E-state index in [1.807, 2.05) is 19.2 Å². The van der Waals surface area contributed by atoms with Crippen molar-refractivity contribution in [2.75, 3.05) is 6.61 Å². The zero-order chi connectivity index (χ0) is 16.2. The van der Waals surface area contributed by atoms with E-state index in [1.165, 1.54) is 28.1 Å². The van der Waals surface area contributed by atoms with Gasteiger partial charge in [0, 0.05) is 30.6 Å². The molecule has 1 aromatic rings. The highest BCUT2D eigenvalue weighted by molar-refractivity contribution is 5.98. The van der Waals surface area contributed by atoms with Crippen LogP contribution in [0.5, 0.6) is 0 Å².